The lowest BCUT2D eigenvalue weighted by Gasteiger charge is -2.45. The van der Waals surface area contributed by atoms with E-state index in [1.807, 2.05) is 39.0 Å². The number of fused-ring (bicyclic) bond motifs is 1. The van der Waals surface area contributed by atoms with Crippen molar-refractivity contribution in [1.82, 2.24) is 20.2 Å². The van der Waals surface area contributed by atoms with Crippen LogP contribution in [0, 0.1) is 15.2 Å². The monoisotopic (exact) mass is 847 g/mol. The van der Waals surface area contributed by atoms with Crippen LogP contribution in [0.15, 0.2) is 36.4 Å². The minimum absolute atomic E-state index is 0.0210. The maximum atomic E-state index is 15.1. The SMILES string of the molecule is CC1(NC(=O)OC(C)(C)C)CCN(C2CCN(c3nc(C(COC4CCCCO4)(OC4CC4)c4cc(F)cc(F)c4)c4cc(I)ccc4n3)CC2)CC1. The third kappa shape index (κ3) is 9.40. The summed E-state index contributed by atoms with van der Waals surface area (Å²) in [5, 5.41) is 3.87. The highest BCUT2D eigenvalue weighted by atomic mass is 127. The second-order valence-corrected chi connectivity index (χ2v) is 17.6. The zero-order valence-corrected chi connectivity index (χ0v) is 33.4. The van der Waals surface area contributed by atoms with Gasteiger partial charge in [-0.15, -0.1) is 0 Å². The Morgan fingerprint density at radius 1 is 0.981 bits per heavy atom. The van der Waals surface area contributed by atoms with Gasteiger partial charge in [-0.25, -0.2) is 23.5 Å². The van der Waals surface area contributed by atoms with Crippen LogP contribution in [0.2, 0.25) is 0 Å². The average molecular weight is 848 g/mol. The van der Waals surface area contributed by atoms with Crippen LogP contribution in [0.5, 0.6) is 0 Å². The maximum Gasteiger partial charge on any atom is 0.408 e. The topological polar surface area (TPSA) is 98.3 Å². The summed E-state index contributed by atoms with van der Waals surface area (Å²) >= 11 is 2.27. The molecule has 4 aliphatic rings. The summed E-state index contributed by atoms with van der Waals surface area (Å²) in [6, 6.07) is 9.97. The number of hydrogen-bond donors (Lipinski definition) is 1. The highest BCUT2D eigenvalue weighted by Crippen LogP contribution is 2.44. The third-order valence-electron chi connectivity index (χ3n) is 10.8. The van der Waals surface area contributed by atoms with Gasteiger partial charge in [0.05, 0.1) is 23.9 Å². The Balaban J connectivity index is 1.15. The lowest BCUT2D eigenvalue weighted by molar-refractivity contribution is -0.197. The number of aromatic nitrogens is 2. The molecule has 10 nitrogen and oxygen atoms in total. The van der Waals surface area contributed by atoms with E-state index >= 15 is 8.78 Å². The first-order chi connectivity index (χ1) is 25.3. The number of carbonyl (C=O) groups excluding carboxylic acids is 1. The van der Waals surface area contributed by atoms with E-state index in [0.717, 1.165) is 105 Å². The van der Waals surface area contributed by atoms with Gasteiger partial charge in [0.1, 0.15) is 17.2 Å². The van der Waals surface area contributed by atoms with Crippen molar-refractivity contribution in [2.24, 2.45) is 0 Å². The van der Waals surface area contributed by atoms with Crippen molar-refractivity contribution in [3.63, 3.8) is 0 Å². The molecule has 1 N–H and O–H groups in total. The highest BCUT2D eigenvalue weighted by Gasteiger charge is 2.46. The Kier molecular flexibility index (Phi) is 11.5. The largest absolute Gasteiger partial charge is 0.444 e. The molecule has 2 atom stereocenters. The van der Waals surface area contributed by atoms with Gasteiger partial charge in [0, 0.05) is 59.4 Å². The highest BCUT2D eigenvalue weighted by molar-refractivity contribution is 14.1. The van der Waals surface area contributed by atoms with Gasteiger partial charge in [-0.3, -0.25) is 0 Å². The van der Waals surface area contributed by atoms with Crippen LogP contribution in [-0.2, 0) is 24.5 Å². The van der Waals surface area contributed by atoms with E-state index in [4.69, 9.17) is 28.9 Å². The number of likely N-dealkylation sites (tertiary alicyclic amines) is 1. The molecule has 0 radical (unpaired) electrons. The molecule has 0 bridgehead atoms. The summed E-state index contributed by atoms with van der Waals surface area (Å²) in [6.07, 6.45) is 7.00. The van der Waals surface area contributed by atoms with E-state index in [0.29, 0.717) is 29.9 Å². The molecule has 1 amide bonds. The first-order valence-electron chi connectivity index (χ1n) is 19.1. The van der Waals surface area contributed by atoms with Gasteiger partial charge in [0.15, 0.2) is 11.9 Å². The molecule has 4 heterocycles. The summed E-state index contributed by atoms with van der Waals surface area (Å²) in [7, 11) is 0. The van der Waals surface area contributed by atoms with Gasteiger partial charge in [-0.05, 0) is 144 Å². The maximum absolute atomic E-state index is 15.1. The fraction of sp³-hybridized carbons (Fsp3) is 0.625. The van der Waals surface area contributed by atoms with Gasteiger partial charge in [-0.2, -0.15) is 0 Å². The molecule has 3 aliphatic heterocycles. The van der Waals surface area contributed by atoms with Crippen molar-refractivity contribution >= 4 is 45.5 Å². The van der Waals surface area contributed by atoms with E-state index < -0.39 is 29.1 Å². The molecule has 3 aromatic rings. The lowest BCUT2D eigenvalue weighted by atomic mass is 9.87. The van der Waals surface area contributed by atoms with Crippen LogP contribution in [0.25, 0.3) is 10.9 Å². The molecule has 1 aromatic heterocycles. The predicted octanol–water partition coefficient (Wildman–Crippen LogP) is 7.83. The summed E-state index contributed by atoms with van der Waals surface area (Å²) < 4.78 is 56.0. The fourth-order valence-corrected chi connectivity index (χ4v) is 8.27. The van der Waals surface area contributed by atoms with Crippen molar-refractivity contribution in [2.75, 3.05) is 44.3 Å². The van der Waals surface area contributed by atoms with Gasteiger partial charge in [0.2, 0.25) is 5.95 Å². The second kappa shape index (κ2) is 15.8. The van der Waals surface area contributed by atoms with E-state index in [-0.39, 0.29) is 24.3 Å². The van der Waals surface area contributed by atoms with Crippen molar-refractivity contribution in [3.8, 4) is 0 Å². The number of hydrogen-bond acceptors (Lipinski definition) is 9. The molecule has 2 unspecified atom stereocenters. The number of amides is 1. The second-order valence-electron chi connectivity index (χ2n) is 16.4. The van der Waals surface area contributed by atoms with E-state index in [2.05, 4.69) is 44.6 Å². The van der Waals surface area contributed by atoms with E-state index in [9.17, 15) is 4.79 Å². The quantitative estimate of drug-likeness (QED) is 0.205. The number of ether oxygens (including phenoxy) is 4. The van der Waals surface area contributed by atoms with Crippen LogP contribution < -0.4 is 10.2 Å². The fourth-order valence-electron chi connectivity index (χ4n) is 7.78. The van der Waals surface area contributed by atoms with Gasteiger partial charge >= 0.3 is 6.09 Å². The van der Waals surface area contributed by atoms with Crippen molar-refractivity contribution in [3.05, 3.63) is 62.9 Å². The molecule has 4 fully saturated rings. The summed E-state index contributed by atoms with van der Waals surface area (Å²) in [5.41, 5.74) is -0.673. The molecule has 0 spiro atoms. The molecule has 7 rings (SSSR count). The van der Waals surface area contributed by atoms with Crippen LogP contribution in [-0.4, -0.2) is 89.9 Å². The van der Waals surface area contributed by atoms with E-state index in [1.54, 1.807) is 0 Å². The van der Waals surface area contributed by atoms with Crippen LogP contribution in [0.3, 0.4) is 0 Å². The molecule has 13 heteroatoms. The molecule has 53 heavy (non-hydrogen) atoms. The van der Waals surface area contributed by atoms with Gasteiger partial charge < -0.3 is 34.1 Å². The zero-order valence-electron chi connectivity index (χ0n) is 31.3. The van der Waals surface area contributed by atoms with Gasteiger partial charge in [0.25, 0.3) is 0 Å². The summed E-state index contributed by atoms with van der Waals surface area (Å²) in [4.78, 5) is 27.6. The van der Waals surface area contributed by atoms with Crippen LogP contribution in [0.1, 0.15) is 96.7 Å². The number of carbonyl (C=O) groups is 1. The Labute approximate surface area is 324 Å². The number of rotatable bonds is 10. The summed E-state index contributed by atoms with van der Waals surface area (Å²) in [6.45, 7) is 11.6. The molecule has 1 saturated carbocycles. The normalized spacial score (nSPS) is 22.8. The minimum Gasteiger partial charge on any atom is -0.444 e. The van der Waals surface area contributed by atoms with Crippen LogP contribution in [0.4, 0.5) is 19.5 Å². The van der Waals surface area contributed by atoms with Crippen molar-refractivity contribution < 1.29 is 32.5 Å². The third-order valence-corrected chi connectivity index (χ3v) is 11.5. The van der Waals surface area contributed by atoms with Crippen LogP contribution >= 0.6 is 22.6 Å². The Hall–Kier alpha value is -2.72. The smallest absolute Gasteiger partial charge is 0.408 e. The molecule has 3 saturated heterocycles. The Bertz CT molecular complexity index is 1750. The first kappa shape index (κ1) is 38.6. The number of alkyl carbamates (subject to hydrolysis) is 1. The number of benzene rings is 2. The number of anilines is 1. The number of halogens is 3. The molecular weight excluding hydrogens is 795 g/mol. The van der Waals surface area contributed by atoms with Crippen molar-refractivity contribution in [2.45, 2.75) is 121 Å². The molecular formula is C40H52F2IN5O5. The molecule has 288 valence electrons. The number of nitrogens with one attached hydrogen (secondary N) is 1. The summed E-state index contributed by atoms with van der Waals surface area (Å²) in [5.74, 6) is -0.812. The first-order valence-corrected chi connectivity index (χ1v) is 20.2. The Morgan fingerprint density at radius 2 is 1.70 bits per heavy atom. The van der Waals surface area contributed by atoms with Gasteiger partial charge in [-0.1, -0.05) is 0 Å². The number of piperidine rings is 2. The predicted molar refractivity (Wildman–Crippen MR) is 207 cm³/mol. The number of nitrogens with zero attached hydrogens (tertiary/aromatic N) is 4. The average Bonchev–Trinajstić information content (AvgIpc) is 3.93. The Morgan fingerprint density at radius 3 is 2.34 bits per heavy atom. The van der Waals surface area contributed by atoms with Crippen molar-refractivity contribution in [1.29, 1.82) is 0 Å². The van der Waals surface area contributed by atoms with E-state index in [1.165, 1.54) is 12.1 Å². The standard InChI is InChI=1S/C40H52F2IN5O5/c1-38(2,3)53-37(49)46-39(4)14-18-47(19-15-39)30-12-16-48(17-13-30)36-44-33-11-8-29(43)24-32(33)35(45-36)40(52-31-9-10-31,25-51-34-7-5-6-20-50-34)26-21-27(41)23-28(42)22-26/h8,11,21-24,30-31,34H,5-7,9-10,12-20,25H2,1-4H3,(H,46,49). The molecule has 1 aliphatic carbocycles. The minimum atomic E-state index is -1.42. The zero-order chi connectivity index (χ0) is 37.4. The lowest BCUT2D eigenvalue weighted by Crippen LogP contribution is -2.57. The molecule has 2 aromatic carbocycles.